The number of para-hydroxylation sites is 1. The molecule has 1 aromatic heterocycles. The fourth-order valence-electron chi connectivity index (χ4n) is 3.29. The summed E-state index contributed by atoms with van der Waals surface area (Å²) in [6, 6.07) is 21.4. The van der Waals surface area contributed by atoms with Gasteiger partial charge in [-0.3, -0.25) is 4.79 Å². The van der Waals surface area contributed by atoms with Crippen LogP contribution in [0.25, 0.3) is 0 Å². The van der Waals surface area contributed by atoms with E-state index in [9.17, 15) is 9.59 Å². The summed E-state index contributed by atoms with van der Waals surface area (Å²) in [4.78, 5) is 32.2. The number of benzene rings is 2. The highest BCUT2D eigenvalue weighted by molar-refractivity contribution is 5.98. The molecule has 3 aromatic rings. The molecule has 0 spiro atoms. The number of carbonyl (C=O) groups is 2. The average Bonchev–Trinajstić information content (AvgIpc) is 2.84. The molecule has 1 saturated heterocycles. The Balaban J connectivity index is 1.49. The Kier molecular flexibility index (Phi) is 6.54. The van der Waals surface area contributed by atoms with Crippen LogP contribution in [-0.4, -0.2) is 43.2 Å². The van der Waals surface area contributed by atoms with E-state index in [1.807, 2.05) is 24.3 Å². The maximum Gasteiger partial charge on any atom is 0.340 e. The third-order valence-corrected chi connectivity index (χ3v) is 4.93. The fourth-order valence-corrected chi connectivity index (χ4v) is 3.29. The van der Waals surface area contributed by atoms with Crippen LogP contribution in [0.2, 0.25) is 0 Å². The van der Waals surface area contributed by atoms with Crippen molar-refractivity contribution in [3.05, 3.63) is 90.1 Å². The highest BCUT2D eigenvalue weighted by Crippen LogP contribution is 2.22. The van der Waals surface area contributed by atoms with Gasteiger partial charge in [-0.05, 0) is 24.3 Å². The number of amides is 1. The van der Waals surface area contributed by atoms with E-state index in [0.717, 1.165) is 18.9 Å². The molecular formula is C24H23N3O4. The van der Waals surface area contributed by atoms with Crippen molar-refractivity contribution >= 4 is 23.4 Å². The van der Waals surface area contributed by atoms with Gasteiger partial charge in [0.05, 0.1) is 18.8 Å². The molecule has 0 bridgehead atoms. The minimum absolute atomic E-state index is 0.283. The second kappa shape index (κ2) is 9.86. The van der Waals surface area contributed by atoms with Crippen LogP contribution in [0, 0.1) is 0 Å². The molecule has 1 amide bonds. The first-order valence-corrected chi connectivity index (χ1v) is 10.1. The number of anilines is 2. The predicted molar refractivity (Wildman–Crippen MR) is 117 cm³/mol. The van der Waals surface area contributed by atoms with Gasteiger partial charge in [0.2, 0.25) is 6.10 Å². The third-order valence-electron chi connectivity index (χ3n) is 4.93. The number of aromatic nitrogens is 1. The smallest absolute Gasteiger partial charge is 0.340 e. The third kappa shape index (κ3) is 5.26. The lowest BCUT2D eigenvalue weighted by Gasteiger charge is -2.27. The summed E-state index contributed by atoms with van der Waals surface area (Å²) in [7, 11) is 0. The van der Waals surface area contributed by atoms with Crippen LogP contribution in [-0.2, 0) is 14.3 Å². The van der Waals surface area contributed by atoms with Gasteiger partial charge in [0.25, 0.3) is 5.91 Å². The SMILES string of the molecule is O=C(OC(C(=O)Nc1ccccc1)c1ccccc1)c1ccc(N2CCOCC2)nc1. The van der Waals surface area contributed by atoms with E-state index >= 15 is 0 Å². The van der Waals surface area contributed by atoms with Crippen LogP contribution in [0.5, 0.6) is 0 Å². The minimum Gasteiger partial charge on any atom is -0.444 e. The van der Waals surface area contributed by atoms with Gasteiger partial charge in [0, 0.05) is 30.5 Å². The highest BCUT2D eigenvalue weighted by Gasteiger charge is 2.26. The lowest BCUT2D eigenvalue weighted by Crippen LogP contribution is -2.36. The van der Waals surface area contributed by atoms with Gasteiger partial charge in [0.15, 0.2) is 0 Å². The lowest BCUT2D eigenvalue weighted by atomic mass is 10.1. The van der Waals surface area contributed by atoms with Crippen LogP contribution in [0.15, 0.2) is 79.0 Å². The second-order valence-electron chi connectivity index (χ2n) is 7.06. The minimum atomic E-state index is -1.09. The quantitative estimate of drug-likeness (QED) is 0.619. The van der Waals surface area contributed by atoms with Crippen LogP contribution in [0.3, 0.4) is 0 Å². The molecule has 1 aliphatic rings. The summed E-state index contributed by atoms with van der Waals surface area (Å²) >= 11 is 0. The fraction of sp³-hybridized carbons (Fsp3) is 0.208. The summed E-state index contributed by atoms with van der Waals surface area (Å²) in [6.45, 7) is 2.82. The number of hydrogen-bond acceptors (Lipinski definition) is 6. The molecule has 0 saturated carbocycles. The van der Waals surface area contributed by atoms with E-state index in [-0.39, 0.29) is 5.56 Å². The summed E-state index contributed by atoms with van der Waals surface area (Å²) in [6.07, 6.45) is 0.386. The molecule has 1 fully saturated rings. The number of nitrogens with one attached hydrogen (secondary N) is 1. The van der Waals surface area contributed by atoms with Gasteiger partial charge in [-0.1, -0.05) is 48.5 Å². The summed E-state index contributed by atoms with van der Waals surface area (Å²) < 4.78 is 11.0. The van der Waals surface area contributed by atoms with E-state index in [4.69, 9.17) is 9.47 Å². The van der Waals surface area contributed by atoms with Crippen molar-refractivity contribution < 1.29 is 19.1 Å². The van der Waals surface area contributed by atoms with Crippen LogP contribution < -0.4 is 10.2 Å². The topological polar surface area (TPSA) is 80.8 Å². The number of ether oxygens (including phenoxy) is 2. The van der Waals surface area contributed by atoms with E-state index in [1.54, 1.807) is 48.5 Å². The first-order chi connectivity index (χ1) is 15.2. The molecule has 2 heterocycles. The van der Waals surface area contributed by atoms with Crippen molar-refractivity contribution in [1.29, 1.82) is 0 Å². The van der Waals surface area contributed by atoms with E-state index in [2.05, 4.69) is 15.2 Å². The Labute approximate surface area is 180 Å². The van der Waals surface area contributed by atoms with Gasteiger partial charge < -0.3 is 19.7 Å². The molecule has 1 aliphatic heterocycles. The summed E-state index contributed by atoms with van der Waals surface area (Å²) in [5, 5.41) is 2.80. The molecule has 1 atom stereocenters. The van der Waals surface area contributed by atoms with Gasteiger partial charge in [-0.2, -0.15) is 0 Å². The zero-order valence-corrected chi connectivity index (χ0v) is 16.9. The Morgan fingerprint density at radius 2 is 1.61 bits per heavy atom. The number of hydrogen-bond donors (Lipinski definition) is 1. The number of carbonyl (C=O) groups excluding carboxylic acids is 2. The van der Waals surface area contributed by atoms with Gasteiger partial charge in [-0.25, -0.2) is 9.78 Å². The molecular weight excluding hydrogens is 394 g/mol. The standard InChI is InChI=1S/C24H23N3O4/c28-23(26-20-9-5-2-6-10-20)22(18-7-3-1-4-8-18)31-24(29)19-11-12-21(25-17-19)27-13-15-30-16-14-27/h1-12,17,22H,13-16H2,(H,26,28). The van der Waals surface area contributed by atoms with Crippen molar-refractivity contribution in [1.82, 2.24) is 4.98 Å². The molecule has 158 valence electrons. The van der Waals surface area contributed by atoms with E-state index < -0.39 is 18.0 Å². The maximum absolute atomic E-state index is 12.9. The van der Waals surface area contributed by atoms with Gasteiger partial charge >= 0.3 is 5.97 Å². The van der Waals surface area contributed by atoms with Crippen molar-refractivity contribution in [2.45, 2.75) is 6.10 Å². The number of esters is 1. The summed E-state index contributed by atoms with van der Waals surface area (Å²) in [5.41, 5.74) is 1.49. The van der Waals surface area contributed by atoms with E-state index in [0.29, 0.717) is 24.5 Å². The molecule has 0 aliphatic carbocycles. The maximum atomic E-state index is 12.9. The first kappa shape index (κ1) is 20.6. The number of rotatable bonds is 6. The van der Waals surface area contributed by atoms with Crippen molar-refractivity contribution in [3.8, 4) is 0 Å². The predicted octanol–water partition coefficient (Wildman–Crippen LogP) is 3.46. The average molecular weight is 417 g/mol. The largest absolute Gasteiger partial charge is 0.444 e. The Hall–Kier alpha value is -3.71. The van der Waals surface area contributed by atoms with Crippen LogP contribution in [0.1, 0.15) is 22.0 Å². The van der Waals surface area contributed by atoms with Crippen molar-refractivity contribution in [2.75, 3.05) is 36.5 Å². The van der Waals surface area contributed by atoms with Crippen molar-refractivity contribution in [3.63, 3.8) is 0 Å². The molecule has 4 rings (SSSR count). The normalized spacial score (nSPS) is 14.5. The van der Waals surface area contributed by atoms with Gasteiger partial charge in [0.1, 0.15) is 5.82 Å². The number of morpholine rings is 1. The second-order valence-corrected chi connectivity index (χ2v) is 7.06. The van der Waals surface area contributed by atoms with Gasteiger partial charge in [-0.15, -0.1) is 0 Å². The van der Waals surface area contributed by atoms with E-state index in [1.165, 1.54) is 6.20 Å². The number of pyridine rings is 1. The Morgan fingerprint density at radius 3 is 2.26 bits per heavy atom. The Morgan fingerprint density at radius 1 is 0.935 bits per heavy atom. The zero-order valence-electron chi connectivity index (χ0n) is 16.9. The van der Waals surface area contributed by atoms with Crippen molar-refractivity contribution in [2.24, 2.45) is 0 Å². The Bertz CT molecular complexity index is 1000. The molecule has 7 heteroatoms. The molecule has 7 nitrogen and oxygen atoms in total. The molecule has 0 radical (unpaired) electrons. The van der Waals surface area contributed by atoms with Crippen LogP contribution >= 0.6 is 0 Å². The number of nitrogens with zero attached hydrogens (tertiary/aromatic N) is 2. The summed E-state index contributed by atoms with van der Waals surface area (Å²) in [5.74, 6) is -0.261. The monoisotopic (exact) mass is 417 g/mol. The van der Waals surface area contributed by atoms with Crippen LogP contribution in [0.4, 0.5) is 11.5 Å². The molecule has 2 aromatic carbocycles. The highest BCUT2D eigenvalue weighted by atomic mass is 16.5. The lowest BCUT2D eigenvalue weighted by molar-refractivity contribution is -0.125. The molecule has 1 N–H and O–H groups in total. The first-order valence-electron chi connectivity index (χ1n) is 10.1. The zero-order chi connectivity index (χ0) is 21.5. The molecule has 1 unspecified atom stereocenters. The molecule has 31 heavy (non-hydrogen) atoms.